The SMILES string of the molecule is COC(=O)C1(CCCc2c(F)cnc3ccc(OC)cc23)CNC1.Cl.Cl. The Hall–Kier alpha value is -1.63. The van der Waals surface area contributed by atoms with Crippen LogP contribution in [0.2, 0.25) is 0 Å². The van der Waals surface area contributed by atoms with Gasteiger partial charge in [0.2, 0.25) is 0 Å². The van der Waals surface area contributed by atoms with E-state index in [1.54, 1.807) is 7.11 Å². The van der Waals surface area contributed by atoms with Crippen molar-refractivity contribution >= 4 is 41.7 Å². The maximum Gasteiger partial charge on any atom is 0.314 e. The van der Waals surface area contributed by atoms with Crippen molar-refractivity contribution in [3.8, 4) is 5.75 Å². The summed E-state index contributed by atoms with van der Waals surface area (Å²) in [5.74, 6) is 0.156. The third kappa shape index (κ3) is 4.19. The number of hydrogen-bond acceptors (Lipinski definition) is 5. The molecule has 26 heavy (non-hydrogen) atoms. The second-order valence-electron chi connectivity index (χ2n) is 6.20. The van der Waals surface area contributed by atoms with Crippen LogP contribution in [0, 0.1) is 11.2 Å². The summed E-state index contributed by atoms with van der Waals surface area (Å²) in [5, 5.41) is 3.88. The summed E-state index contributed by atoms with van der Waals surface area (Å²) in [7, 11) is 2.99. The lowest BCUT2D eigenvalue weighted by Gasteiger charge is -2.39. The number of nitrogens with one attached hydrogen (secondary N) is 1. The number of pyridine rings is 1. The maximum atomic E-state index is 14.3. The minimum absolute atomic E-state index is 0. The van der Waals surface area contributed by atoms with E-state index in [1.807, 2.05) is 18.2 Å². The van der Waals surface area contributed by atoms with Crippen LogP contribution in [0.1, 0.15) is 18.4 Å². The van der Waals surface area contributed by atoms with E-state index < -0.39 is 5.41 Å². The summed E-state index contributed by atoms with van der Waals surface area (Å²) in [5.41, 5.74) is 0.887. The standard InChI is InChI=1S/C18H21FN2O3.2ClH/c1-23-12-5-6-16-14(8-12)13(15(19)9-21-16)4-3-7-18(10-20-11-18)17(22)24-2;;/h5-6,8-9,20H,3-4,7,10-11H2,1-2H3;2*1H. The smallest absolute Gasteiger partial charge is 0.314 e. The first-order chi connectivity index (χ1) is 11.6. The van der Waals surface area contributed by atoms with Crippen molar-refractivity contribution < 1.29 is 18.7 Å². The van der Waals surface area contributed by atoms with Crippen molar-refractivity contribution in [3.63, 3.8) is 0 Å². The van der Waals surface area contributed by atoms with E-state index in [4.69, 9.17) is 9.47 Å². The van der Waals surface area contributed by atoms with E-state index in [-0.39, 0.29) is 36.6 Å². The van der Waals surface area contributed by atoms with Crippen LogP contribution >= 0.6 is 24.8 Å². The molecule has 1 fully saturated rings. The lowest BCUT2D eigenvalue weighted by molar-refractivity contribution is -0.156. The van der Waals surface area contributed by atoms with E-state index in [0.29, 0.717) is 43.7 Å². The van der Waals surface area contributed by atoms with E-state index in [1.165, 1.54) is 13.3 Å². The van der Waals surface area contributed by atoms with Gasteiger partial charge in [-0.2, -0.15) is 0 Å². The number of halogens is 3. The number of fused-ring (bicyclic) bond motifs is 1. The molecule has 0 aliphatic carbocycles. The normalized spacial score (nSPS) is 14.6. The van der Waals surface area contributed by atoms with Crippen molar-refractivity contribution in [3.05, 3.63) is 35.8 Å². The molecule has 5 nitrogen and oxygen atoms in total. The Morgan fingerprint density at radius 2 is 2.04 bits per heavy atom. The number of nitrogens with zero attached hydrogens (tertiary/aromatic N) is 1. The molecule has 0 saturated carbocycles. The number of ether oxygens (including phenoxy) is 2. The van der Waals surface area contributed by atoms with Crippen LogP contribution in [0.3, 0.4) is 0 Å². The van der Waals surface area contributed by atoms with Gasteiger partial charge in [0.25, 0.3) is 0 Å². The molecule has 0 unspecified atom stereocenters. The summed E-state index contributed by atoms with van der Waals surface area (Å²) in [6, 6.07) is 5.44. The van der Waals surface area contributed by atoms with Gasteiger partial charge in [0.1, 0.15) is 11.6 Å². The van der Waals surface area contributed by atoms with Crippen molar-refractivity contribution in [2.45, 2.75) is 19.3 Å². The van der Waals surface area contributed by atoms with E-state index in [2.05, 4.69) is 10.3 Å². The van der Waals surface area contributed by atoms with Gasteiger partial charge in [0, 0.05) is 18.5 Å². The highest BCUT2D eigenvalue weighted by molar-refractivity contribution is 5.86. The molecule has 1 aliphatic rings. The molecule has 2 aromatic rings. The van der Waals surface area contributed by atoms with Gasteiger partial charge in [0.15, 0.2) is 0 Å². The first-order valence-corrected chi connectivity index (χ1v) is 8.00. The zero-order chi connectivity index (χ0) is 17.2. The fraction of sp³-hybridized carbons (Fsp3) is 0.444. The molecule has 0 radical (unpaired) electrons. The summed E-state index contributed by atoms with van der Waals surface area (Å²) in [4.78, 5) is 16.1. The van der Waals surface area contributed by atoms with Gasteiger partial charge in [-0.15, -0.1) is 24.8 Å². The minimum atomic E-state index is -0.467. The predicted octanol–water partition coefficient (Wildman–Crippen LogP) is 3.31. The number of esters is 1. The second-order valence-corrected chi connectivity index (χ2v) is 6.20. The molecular formula is C18H23Cl2FN2O3. The number of rotatable bonds is 6. The van der Waals surface area contributed by atoms with Crippen LogP contribution in [0.15, 0.2) is 24.4 Å². The average Bonchev–Trinajstić information content (AvgIpc) is 2.57. The summed E-state index contributed by atoms with van der Waals surface area (Å²) in [6.45, 7) is 1.24. The monoisotopic (exact) mass is 404 g/mol. The topological polar surface area (TPSA) is 60.5 Å². The van der Waals surface area contributed by atoms with Crippen LogP contribution in [-0.4, -0.2) is 38.3 Å². The Bertz CT molecular complexity index is 769. The molecule has 2 heterocycles. The number of methoxy groups -OCH3 is 2. The molecule has 144 valence electrons. The predicted molar refractivity (Wildman–Crippen MR) is 103 cm³/mol. The van der Waals surface area contributed by atoms with E-state index >= 15 is 0 Å². The van der Waals surface area contributed by atoms with Crippen LogP contribution in [-0.2, 0) is 16.0 Å². The summed E-state index contributed by atoms with van der Waals surface area (Å²) < 4.78 is 24.4. The number of aromatic nitrogens is 1. The molecular weight excluding hydrogens is 382 g/mol. The molecule has 1 aromatic heterocycles. The number of benzene rings is 1. The second kappa shape index (κ2) is 9.35. The quantitative estimate of drug-likeness (QED) is 0.748. The highest BCUT2D eigenvalue weighted by atomic mass is 35.5. The Morgan fingerprint density at radius 3 is 2.62 bits per heavy atom. The van der Waals surface area contributed by atoms with Crippen LogP contribution in [0.25, 0.3) is 10.9 Å². The molecule has 1 N–H and O–H groups in total. The highest BCUT2D eigenvalue weighted by Crippen LogP contribution is 2.32. The molecule has 3 rings (SSSR count). The number of hydrogen-bond donors (Lipinski definition) is 1. The molecule has 8 heteroatoms. The van der Waals surface area contributed by atoms with Crippen molar-refractivity contribution in [2.75, 3.05) is 27.3 Å². The van der Waals surface area contributed by atoms with Crippen LogP contribution in [0.4, 0.5) is 4.39 Å². The first kappa shape index (κ1) is 22.4. The highest BCUT2D eigenvalue weighted by Gasteiger charge is 2.44. The van der Waals surface area contributed by atoms with Gasteiger partial charge >= 0.3 is 5.97 Å². The van der Waals surface area contributed by atoms with Gasteiger partial charge in [-0.1, -0.05) is 0 Å². The van der Waals surface area contributed by atoms with Gasteiger partial charge in [-0.25, -0.2) is 4.39 Å². The lowest BCUT2D eigenvalue weighted by Crippen LogP contribution is -2.58. The third-order valence-corrected chi connectivity index (χ3v) is 4.76. The molecule has 0 bridgehead atoms. The molecule has 1 saturated heterocycles. The molecule has 1 aromatic carbocycles. The third-order valence-electron chi connectivity index (χ3n) is 4.76. The zero-order valence-corrected chi connectivity index (χ0v) is 16.3. The number of carbonyl (C=O) groups is 1. The van der Waals surface area contributed by atoms with Crippen molar-refractivity contribution in [1.82, 2.24) is 10.3 Å². The Morgan fingerprint density at radius 1 is 1.31 bits per heavy atom. The largest absolute Gasteiger partial charge is 0.497 e. The average molecular weight is 405 g/mol. The Kier molecular flexibility index (Phi) is 8.06. The Balaban J connectivity index is 0.00000169. The van der Waals surface area contributed by atoms with E-state index in [0.717, 1.165) is 10.9 Å². The lowest BCUT2D eigenvalue weighted by atomic mass is 9.77. The summed E-state index contributed by atoms with van der Waals surface area (Å²) in [6.07, 6.45) is 3.16. The molecule has 0 spiro atoms. The fourth-order valence-corrected chi connectivity index (χ4v) is 3.25. The Labute approximate surface area is 164 Å². The van der Waals surface area contributed by atoms with Gasteiger partial charge in [-0.05, 0) is 43.0 Å². The van der Waals surface area contributed by atoms with Crippen LogP contribution in [0.5, 0.6) is 5.75 Å². The minimum Gasteiger partial charge on any atom is -0.497 e. The van der Waals surface area contributed by atoms with Crippen LogP contribution < -0.4 is 10.1 Å². The van der Waals surface area contributed by atoms with Gasteiger partial charge in [0.05, 0.1) is 31.3 Å². The number of carbonyl (C=O) groups excluding carboxylic acids is 1. The van der Waals surface area contributed by atoms with Crippen molar-refractivity contribution in [1.29, 1.82) is 0 Å². The fourth-order valence-electron chi connectivity index (χ4n) is 3.25. The first-order valence-electron chi connectivity index (χ1n) is 8.00. The number of aryl methyl sites for hydroxylation is 1. The van der Waals surface area contributed by atoms with E-state index in [9.17, 15) is 9.18 Å². The zero-order valence-electron chi connectivity index (χ0n) is 14.7. The van der Waals surface area contributed by atoms with Gasteiger partial charge in [-0.3, -0.25) is 9.78 Å². The maximum absolute atomic E-state index is 14.3. The molecule has 0 amide bonds. The molecule has 1 aliphatic heterocycles. The summed E-state index contributed by atoms with van der Waals surface area (Å²) >= 11 is 0. The van der Waals surface area contributed by atoms with Crippen molar-refractivity contribution in [2.24, 2.45) is 5.41 Å². The molecule has 0 atom stereocenters. The van der Waals surface area contributed by atoms with Gasteiger partial charge < -0.3 is 14.8 Å².